The minimum absolute atomic E-state index is 0.0321. The van der Waals surface area contributed by atoms with Gasteiger partial charge in [0.25, 0.3) is 0 Å². The van der Waals surface area contributed by atoms with Crippen LogP contribution in [0.15, 0.2) is 42.0 Å². The van der Waals surface area contributed by atoms with Crippen molar-refractivity contribution in [2.75, 3.05) is 0 Å². The van der Waals surface area contributed by atoms with Gasteiger partial charge in [-0.25, -0.2) is 0 Å². The first kappa shape index (κ1) is 27.3. The van der Waals surface area contributed by atoms with E-state index >= 15 is 0 Å². The number of hydrogen-bond donors (Lipinski definition) is 0. The largest absolute Gasteiger partial charge is 0.0732 e. The molecule has 0 spiro atoms. The highest BCUT2D eigenvalue weighted by Gasteiger charge is 2.38. The normalized spacial score (nSPS) is 21.1. The molecule has 1 atom stereocenters. The summed E-state index contributed by atoms with van der Waals surface area (Å²) in [5.74, 6) is 0.446. The molecule has 0 nitrogen and oxygen atoms in total. The van der Waals surface area contributed by atoms with Crippen molar-refractivity contribution in [3.8, 4) is 0 Å². The highest BCUT2D eigenvalue weighted by atomic mass is 14.4. The van der Waals surface area contributed by atoms with E-state index in [2.05, 4.69) is 126 Å². The van der Waals surface area contributed by atoms with Gasteiger partial charge in [0.15, 0.2) is 0 Å². The number of allylic oxidation sites excluding steroid dienone is 8. The summed E-state index contributed by atoms with van der Waals surface area (Å²) in [4.78, 5) is 0. The molecule has 0 saturated carbocycles. The Labute approximate surface area is 242 Å². The average molecular weight is 528 g/mol. The van der Waals surface area contributed by atoms with Crippen LogP contribution in [0.1, 0.15) is 129 Å². The van der Waals surface area contributed by atoms with Crippen LogP contribution in [0.2, 0.25) is 0 Å². The van der Waals surface area contributed by atoms with Gasteiger partial charge in [-0.15, -0.1) is 0 Å². The van der Waals surface area contributed by atoms with E-state index in [0.717, 1.165) is 0 Å². The van der Waals surface area contributed by atoms with Gasteiger partial charge in [0, 0.05) is 16.7 Å². The number of benzene rings is 2. The third kappa shape index (κ3) is 3.78. The lowest BCUT2D eigenvalue weighted by Gasteiger charge is -2.27. The van der Waals surface area contributed by atoms with Gasteiger partial charge in [0.2, 0.25) is 0 Å². The molecule has 0 fully saturated rings. The van der Waals surface area contributed by atoms with E-state index in [-0.39, 0.29) is 16.2 Å². The van der Waals surface area contributed by atoms with E-state index in [1.165, 1.54) is 95.0 Å². The first-order valence-corrected chi connectivity index (χ1v) is 15.4. The van der Waals surface area contributed by atoms with Crippen LogP contribution in [-0.2, 0) is 10.8 Å². The topological polar surface area (TPSA) is 0 Å². The summed E-state index contributed by atoms with van der Waals surface area (Å²) < 4.78 is 0. The second kappa shape index (κ2) is 8.58. The van der Waals surface area contributed by atoms with E-state index in [4.69, 9.17) is 0 Å². The van der Waals surface area contributed by atoms with Crippen molar-refractivity contribution in [2.45, 2.75) is 107 Å². The van der Waals surface area contributed by atoms with Crippen molar-refractivity contribution in [1.29, 1.82) is 0 Å². The van der Waals surface area contributed by atoms with Gasteiger partial charge in [0.05, 0.1) is 0 Å². The van der Waals surface area contributed by atoms with Gasteiger partial charge >= 0.3 is 0 Å². The molecule has 4 aliphatic carbocycles. The van der Waals surface area contributed by atoms with Gasteiger partial charge in [0.1, 0.15) is 0 Å². The molecular formula is C40H47. The molecule has 40 heavy (non-hydrogen) atoms. The maximum atomic E-state index is 4.08. The first-order valence-electron chi connectivity index (χ1n) is 15.4. The molecule has 0 bridgehead atoms. The van der Waals surface area contributed by atoms with Gasteiger partial charge in [-0.3, -0.25) is 0 Å². The lowest BCUT2D eigenvalue weighted by Crippen LogP contribution is -2.23. The van der Waals surface area contributed by atoms with E-state index in [0.29, 0.717) is 5.92 Å². The second-order valence-electron chi connectivity index (χ2n) is 15.3. The van der Waals surface area contributed by atoms with Crippen LogP contribution < -0.4 is 10.4 Å². The SMILES string of the molecule is CCCC1C=C(C(C)(C)C)C=C1c1c2c(c(=C(C)C)c3c1[C]=c1cc4c(cc1=3)C(C)=CC4(C)C)C(C)=CC2(C)C. The van der Waals surface area contributed by atoms with Crippen LogP contribution in [0.4, 0.5) is 0 Å². The maximum Gasteiger partial charge on any atom is 0.00937 e. The number of fused-ring (bicyclic) bond motifs is 4. The minimum Gasteiger partial charge on any atom is -0.0732 e. The van der Waals surface area contributed by atoms with Crippen molar-refractivity contribution in [3.63, 3.8) is 0 Å². The van der Waals surface area contributed by atoms with Gasteiger partial charge in [-0.2, -0.15) is 0 Å². The van der Waals surface area contributed by atoms with Crippen molar-refractivity contribution in [3.05, 3.63) is 96.3 Å². The zero-order valence-electron chi connectivity index (χ0n) is 27.0. The summed E-state index contributed by atoms with van der Waals surface area (Å²) in [5.41, 5.74) is 16.0. The van der Waals surface area contributed by atoms with E-state index in [1.54, 1.807) is 0 Å². The predicted molar refractivity (Wildman–Crippen MR) is 174 cm³/mol. The van der Waals surface area contributed by atoms with Gasteiger partial charge in [-0.1, -0.05) is 91.7 Å². The number of hydrogen-bond acceptors (Lipinski definition) is 0. The molecule has 1 radical (unpaired) electrons. The minimum atomic E-state index is -0.0321. The molecule has 2 aromatic carbocycles. The van der Waals surface area contributed by atoms with Gasteiger partial charge in [-0.05, 0) is 134 Å². The van der Waals surface area contributed by atoms with E-state index in [1.807, 2.05) is 0 Å². The van der Waals surface area contributed by atoms with Crippen LogP contribution >= 0.6 is 0 Å². The molecule has 0 N–H and O–H groups in total. The summed E-state index contributed by atoms with van der Waals surface area (Å²) >= 11 is 0. The quantitative estimate of drug-likeness (QED) is 0.318. The predicted octanol–water partition coefficient (Wildman–Crippen LogP) is 9.36. The third-order valence-electron chi connectivity index (χ3n) is 9.84. The van der Waals surface area contributed by atoms with E-state index < -0.39 is 0 Å². The zero-order chi connectivity index (χ0) is 29.1. The Morgan fingerprint density at radius 1 is 0.925 bits per heavy atom. The summed E-state index contributed by atoms with van der Waals surface area (Å²) in [6.45, 7) is 28.2. The molecule has 0 amide bonds. The Bertz CT molecular complexity index is 1850. The highest BCUT2D eigenvalue weighted by molar-refractivity contribution is 5.91. The van der Waals surface area contributed by atoms with Crippen LogP contribution in [0, 0.1) is 21.8 Å². The fraction of sp³-hybridized carbons (Fsp3) is 0.450. The Morgan fingerprint density at radius 3 is 2.23 bits per heavy atom. The van der Waals surface area contributed by atoms with Crippen LogP contribution in [-0.4, -0.2) is 0 Å². The molecule has 2 aromatic rings. The summed E-state index contributed by atoms with van der Waals surface area (Å²) in [6.07, 6.45) is 16.5. The van der Waals surface area contributed by atoms with Crippen molar-refractivity contribution >= 4 is 28.4 Å². The van der Waals surface area contributed by atoms with Crippen molar-refractivity contribution in [2.24, 2.45) is 11.3 Å². The van der Waals surface area contributed by atoms with Gasteiger partial charge < -0.3 is 0 Å². The zero-order valence-corrected chi connectivity index (χ0v) is 27.0. The third-order valence-corrected chi connectivity index (χ3v) is 9.84. The molecule has 6 rings (SSSR count). The lowest BCUT2D eigenvalue weighted by molar-refractivity contribution is 0.515. The number of rotatable bonds is 3. The second-order valence-corrected chi connectivity index (χ2v) is 15.3. The fourth-order valence-corrected chi connectivity index (χ4v) is 8.16. The van der Waals surface area contributed by atoms with Crippen LogP contribution in [0.3, 0.4) is 0 Å². The summed E-state index contributed by atoms with van der Waals surface area (Å²) in [7, 11) is 0. The Kier molecular flexibility index (Phi) is 5.86. The molecule has 0 saturated heterocycles. The van der Waals surface area contributed by atoms with Crippen LogP contribution in [0.25, 0.3) is 28.4 Å². The molecule has 0 aliphatic heterocycles. The molecule has 0 heteroatoms. The lowest BCUT2D eigenvalue weighted by atomic mass is 9.76. The smallest absolute Gasteiger partial charge is 0.00937 e. The molecule has 0 heterocycles. The molecular weight excluding hydrogens is 480 g/mol. The molecule has 0 aromatic heterocycles. The Balaban J connectivity index is 1.83. The standard InChI is InChI=1S/C40H47/c1-13-14-25-15-27(38(6,7)8)18-29(25)36-31-16-26-17-32-28(23(4)20-39(32,9)10)19-30(26)35(31)33(22(2)3)34-24(5)21-40(11,12)37(34)36/h15,17-21,25H,13-14H2,1-12H3. The highest BCUT2D eigenvalue weighted by Crippen LogP contribution is 2.50. The van der Waals surface area contributed by atoms with E-state index in [9.17, 15) is 0 Å². The Hall–Kier alpha value is -2.86. The summed E-state index contributed by atoms with van der Waals surface area (Å²) in [5, 5.41) is 5.49. The van der Waals surface area contributed by atoms with Crippen LogP contribution in [0.5, 0.6) is 0 Å². The molecule has 4 aliphatic rings. The van der Waals surface area contributed by atoms with Crippen molar-refractivity contribution < 1.29 is 0 Å². The molecule has 1 unspecified atom stereocenters. The fourth-order valence-electron chi connectivity index (χ4n) is 8.16. The Morgan fingerprint density at radius 2 is 1.60 bits per heavy atom. The summed E-state index contributed by atoms with van der Waals surface area (Å²) in [6, 6.07) is 4.96. The maximum absolute atomic E-state index is 4.08. The monoisotopic (exact) mass is 527 g/mol. The van der Waals surface area contributed by atoms with Crippen molar-refractivity contribution in [1.82, 2.24) is 0 Å². The first-order chi connectivity index (χ1) is 18.6. The molecule has 207 valence electrons. The average Bonchev–Trinajstić information content (AvgIpc) is 3.53.